The number of ketones is 2. The summed E-state index contributed by atoms with van der Waals surface area (Å²) >= 11 is 5.14. The van der Waals surface area contributed by atoms with E-state index in [9.17, 15) is 14.4 Å². The molecule has 0 aliphatic heterocycles. The average Bonchev–Trinajstić information content (AvgIpc) is 3.24. The maximum Gasteiger partial charge on any atom is 0.250 e. The SMILES string of the molecule is O=C(/C=C/c1ccco1)NC(=S)Nc1ccc2c(c1)C(=O)c1ccccc1C2=O. The molecule has 29 heavy (non-hydrogen) atoms. The van der Waals surface area contributed by atoms with Crippen molar-refractivity contribution in [1.29, 1.82) is 0 Å². The number of furan rings is 1. The van der Waals surface area contributed by atoms with E-state index in [1.54, 1.807) is 54.6 Å². The third kappa shape index (κ3) is 3.76. The molecule has 1 aliphatic rings. The Hall–Kier alpha value is -3.84. The number of nitrogens with one attached hydrogen (secondary N) is 2. The number of fused-ring (bicyclic) bond motifs is 2. The molecule has 0 radical (unpaired) electrons. The quantitative estimate of drug-likeness (QED) is 0.402. The molecule has 1 aromatic heterocycles. The van der Waals surface area contributed by atoms with Crippen molar-refractivity contribution >= 4 is 46.6 Å². The van der Waals surface area contributed by atoms with Crippen molar-refractivity contribution in [2.24, 2.45) is 0 Å². The number of carbonyl (C=O) groups is 3. The first-order valence-electron chi connectivity index (χ1n) is 8.69. The Kier molecular flexibility index (Phi) is 4.88. The highest BCUT2D eigenvalue weighted by Crippen LogP contribution is 2.29. The summed E-state index contributed by atoms with van der Waals surface area (Å²) in [5.41, 5.74) is 1.91. The first kappa shape index (κ1) is 18.5. The number of hydrogen-bond donors (Lipinski definition) is 2. The van der Waals surface area contributed by atoms with Crippen molar-refractivity contribution < 1.29 is 18.8 Å². The summed E-state index contributed by atoms with van der Waals surface area (Å²) in [7, 11) is 0. The highest BCUT2D eigenvalue weighted by molar-refractivity contribution is 7.80. The monoisotopic (exact) mass is 402 g/mol. The van der Waals surface area contributed by atoms with Crippen molar-refractivity contribution in [1.82, 2.24) is 5.32 Å². The van der Waals surface area contributed by atoms with E-state index >= 15 is 0 Å². The Morgan fingerprint density at radius 3 is 2.28 bits per heavy atom. The zero-order valence-corrected chi connectivity index (χ0v) is 15.8. The third-order valence-corrected chi connectivity index (χ3v) is 4.57. The van der Waals surface area contributed by atoms with Crippen molar-refractivity contribution in [3.63, 3.8) is 0 Å². The van der Waals surface area contributed by atoms with Gasteiger partial charge in [0.15, 0.2) is 16.7 Å². The van der Waals surface area contributed by atoms with E-state index in [2.05, 4.69) is 10.6 Å². The van der Waals surface area contributed by atoms with Crippen LogP contribution in [0.1, 0.15) is 37.6 Å². The summed E-state index contributed by atoms with van der Waals surface area (Å²) in [5.74, 6) is -0.315. The minimum Gasteiger partial charge on any atom is -0.465 e. The average molecular weight is 402 g/mol. The molecule has 0 spiro atoms. The van der Waals surface area contributed by atoms with Crippen LogP contribution in [0.2, 0.25) is 0 Å². The van der Waals surface area contributed by atoms with Gasteiger partial charge in [0.1, 0.15) is 5.76 Å². The van der Waals surface area contributed by atoms with Crippen LogP contribution in [0.5, 0.6) is 0 Å². The molecule has 4 rings (SSSR count). The van der Waals surface area contributed by atoms with E-state index in [0.29, 0.717) is 33.7 Å². The first-order chi connectivity index (χ1) is 14.0. The maximum atomic E-state index is 12.8. The van der Waals surface area contributed by atoms with Gasteiger partial charge in [-0.2, -0.15) is 0 Å². The Bertz CT molecular complexity index is 1180. The Balaban J connectivity index is 1.48. The molecule has 0 saturated carbocycles. The number of amides is 1. The largest absolute Gasteiger partial charge is 0.465 e. The fourth-order valence-electron chi connectivity index (χ4n) is 3.04. The molecule has 1 aliphatic carbocycles. The summed E-state index contributed by atoms with van der Waals surface area (Å²) in [4.78, 5) is 37.3. The van der Waals surface area contributed by atoms with Crippen LogP contribution in [-0.2, 0) is 4.79 Å². The molecule has 142 valence electrons. The molecule has 6 nitrogen and oxygen atoms in total. The second-order valence-electron chi connectivity index (χ2n) is 6.26. The number of benzene rings is 2. The maximum absolute atomic E-state index is 12.8. The fraction of sp³-hybridized carbons (Fsp3) is 0. The molecule has 3 aromatic rings. The van der Waals surface area contributed by atoms with Gasteiger partial charge in [0.2, 0.25) is 5.91 Å². The van der Waals surface area contributed by atoms with E-state index in [-0.39, 0.29) is 16.7 Å². The second kappa shape index (κ2) is 7.65. The molecule has 2 N–H and O–H groups in total. The van der Waals surface area contributed by atoms with E-state index in [1.165, 1.54) is 18.4 Å². The van der Waals surface area contributed by atoms with Crippen LogP contribution in [0.25, 0.3) is 6.08 Å². The molecule has 0 unspecified atom stereocenters. The van der Waals surface area contributed by atoms with Gasteiger partial charge in [0, 0.05) is 34.0 Å². The number of thiocarbonyl (C=S) groups is 1. The van der Waals surface area contributed by atoms with Gasteiger partial charge in [0.05, 0.1) is 6.26 Å². The highest BCUT2D eigenvalue weighted by atomic mass is 32.1. The third-order valence-electron chi connectivity index (χ3n) is 4.36. The zero-order chi connectivity index (χ0) is 20.4. The Morgan fingerprint density at radius 2 is 1.59 bits per heavy atom. The van der Waals surface area contributed by atoms with Crippen molar-refractivity contribution in [2.45, 2.75) is 0 Å². The summed E-state index contributed by atoms with van der Waals surface area (Å²) in [5, 5.41) is 5.43. The van der Waals surface area contributed by atoms with Crippen LogP contribution < -0.4 is 10.6 Å². The predicted molar refractivity (Wildman–Crippen MR) is 112 cm³/mol. The Labute approximate surface area is 171 Å². The number of anilines is 1. The summed E-state index contributed by atoms with van der Waals surface area (Å²) in [6.07, 6.45) is 4.31. The van der Waals surface area contributed by atoms with Crippen LogP contribution in [0.15, 0.2) is 71.4 Å². The lowest BCUT2D eigenvalue weighted by atomic mass is 9.84. The number of hydrogen-bond acceptors (Lipinski definition) is 5. The minimum atomic E-state index is -0.433. The fourth-order valence-corrected chi connectivity index (χ4v) is 3.26. The smallest absolute Gasteiger partial charge is 0.250 e. The molecular formula is C22H14N2O4S. The van der Waals surface area contributed by atoms with Gasteiger partial charge in [-0.15, -0.1) is 0 Å². The molecule has 0 atom stereocenters. The van der Waals surface area contributed by atoms with Gasteiger partial charge in [-0.05, 0) is 48.6 Å². The van der Waals surface area contributed by atoms with Crippen LogP contribution in [0.4, 0.5) is 5.69 Å². The first-order valence-corrected chi connectivity index (χ1v) is 9.10. The van der Waals surface area contributed by atoms with Gasteiger partial charge >= 0.3 is 0 Å². The minimum absolute atomic E-state index is 0.0639. The van der Waals surface area contributed by atoms with E-state index < -0.39 is 5.91 Å². The van der Waals surface area contributed by atoms with E-state index in [1.807, 2.05) is 0 Å². The van der Waals surface area contributed by atoms with Crippen molar-refractivity contribution in [3.05, 3.63) is 95.0 Å². The number of rotatable bonds is 3. The topological polar surface area (TPSA) is 88.4 Å². The van der Waals surface area contributed by atoms with Crippen LogP contribution in [0.3, 0.4) is 0 Å². The predicted octanol–water partition coefficient (Wildman–Crippen LogP) is 3.58. The molecule has 0 bridgehead atoms. The number of carbonyl (C=O) groups excluding carboxylic acids is 3. The molecule has 2 aromatic carbocycles. The molecule has 0 fully saturated rings. The van der Waals surface area contributed by atoms with Crippen LogP contribution in [-0.4, -0.2) is 22.6 Å². The Morgan fingerprint density at radius 1 is 0.897 bits per heavy atom. The lowest BCUT2D eigenvalue weighted by Gasteiger charge is -2.18. The van der Waals surface area contributed by atoms with Gasteiger partial charge in [-0.3, -0.25) is 19.7 Å². The van der Waals surface area contributed by atoms with Crippen molar-refractivity contribution in [2.75, 3.05) is 5.32 Å². The lowest BCUT2D eigenvalue weighted by molar-refractivity contribution is -0.115. The second-order valence-corrected chi connectivity index (χ2v) is 6.66. The molecule has 7 heteroatoms. The summed E-state index contributed by atoms with van der Waals surface area (Å²) < 4.78 is 5.11. The normalized spacial score (nSPS) is 12.4. The summed E-state index contributed by atoms with van der Waals surface area (Å²) in [6, 6.07) is 14.9. The van der Waals surface area contributed by atoms with Crippen LogP contribution in [0, 0.1) is 0 Å². The molecule has 1 heterocycles. The standard InChI is InChI=1S/C22H14N2O4S/c25-19(10-8-14-4-3-11-28-14)24-22(29)23-13-7-9-17-18(12-13)21(27)16-6-2-1-5-15(16)20(17)26/h1-12H,(H2,23,24,25,29)/b10-8+. The van der Waals surface area contributed by atoms with E-state index in [0.717, 1.165) is 0 Å². The summed E-state index contributed by atoms with van der Waals surface area (Å²) in [6.45, 7) is 0. The lowest BCUT2D eigenvalue weighted by Crippen LogP contribution is -2.33. The van der Waals surface area contributed by atoms with Gasteiger partial charge in [-0.1, -0.05) is 24.3 Å². The van der Waals surface area contributed by atoms with Crippen LogP contribution >= 0.6 is 12.2 Å². The van der Waals surface area contributed by atoms with Gasteiger partial charge < -0.3 is 9.73 Å². The highest BCUT2D eigenvalue weighted by Gasteiger charge is 2.29. The van der Waals surface area contributed by atoms with Crippen molar-refractivity contribution in [3.8, 4) is 0 Å². The molecular weight excluding hydrogens is 388 g/mol. The van der Waals surface area contributed by atoms with E-state index in [4.69, 9.17) is 16.6 Å². The van der Waals surface area contributed by atoms with Gasteiger partial charge in [0.25, 0.3) is 0 Å². The zero-order valence-electron chi connectivity index (χ0n) is 15.0. The molecule has 0 saturated heterocycles. The van der Waals surface area contributed by atoms with Gasteiger partial charge in [-0.25, -0.2) is 0 Å². The molecule has 1 amide bonds.